The number of rotatable bonds is 4. The summed E-state index contributed by atoms with van der Waals surface area (Å²) >= 11 is 0. The monoisotopic (exact) mass is 314 g/mol. The van der Waals surface area contributed by atoms with Gasteiger partial charge in [0, 0.05) is 31.0 Å². The number of amides is 2. The Morgan fingerprint density at radius 2 is 1.52 bits per heavy atom. The van der Waals surface area contributed by atoms with Crippen molar-refractivity contribution < 1.29 is 18.0 Å². The maximum absolute atomic E-state index is 12.4. The number of imide groups is 1. The van der Waals surface area contributed by atoms with Crippen molar-refractivity contribution in [1.29, 1.82) is 0 Å². The summed E-state index contributed by atoms with van der Waals surface area (Å²) in [7, 11) is -3.20. The van der Waals surface area contributed by atoms with Gasteiger partial charge in [-0.25, -0.2) is 8.42 Å². The summed E-state index contributed by atoms with van der Waals surface area (Å²) < 4.78 is 26.4. The minimum absolute atomic E-state index is 0.0356. The molecule has 3 aliphatic rings. The van der Waals surface area contributed by atoms with Gasteiger partial charge in [-0.1, -0.05) is 6.92 Å². The Bertz CT molecular complexity index is 529. The van der Waals surface area contributed by atoms with Gasteiger partial charge in [0.25, 0.3) is 0 Å². The standard InChI is InChI=1S/C14H22N2O4S/c1-2-7-21(19,20)16-10-3-4-11(16)9-12(8-10)15-13(17)5-6-14(15)18/h10-12H,2-9H2,1H3. The van der Waals surface area contributed by atoms with E-state index in [2.05, 4.69) is 0 Å². The molecule has 0 N–H and O–H groups in total. The van der Waals surface area contributed by atoms with E-state index in [9.17, 15) is 18.0 Å². The van der Waals surface area contributed by atoms with Gasteiger partial charge in [0.15, 0.2) is 0 Å². The second-order valence-electron chi connectivity index (χ2n) is 6.31. The Morgan fingerprint density at radius 1 is 1.00 bits per heavy atom. The highest BCUT2D eigenvalue weighted by Gasteiger charge is 2.49. The van der Waals surface area contributed by atoms with Crippen molar-refractivity contribution in [2.24, 2.45) is 0 Å². The van der Waals surface area contributed by atoms with Crippen molar-refractivity contribution in [3.8, 4) is 0 Å². The predicted octanol–water partition coefficient (Wildman–Crippen LogP) is 0.871. The number of carbonyl (C=O) groups excluding carboxylic acids is 2. The lowest BCUT2D eigenvalue weighted by Crippen LogP contribution is -2.53. The summed E-state index contributed by atoms with van der Waals surface area (Å²) in [6.07, 6.45) is 4.14. The van der Waals surface area contributed by atoms with E-state index in [1.165, 1.54) is 4.90 Å². The number of nitrogens with zero attached hydrogens (tertiary/aromatic N) is 2. The molecule has 0 aromatic carbocycles. The summed E-state index contributed by atoms with van der Waals surface area (Å²) in [6.45, 7) is 1.87. The quantitative estimate of drug-likeness (QED) is 0.722. The van der Waals surface area contributed by atoms with Crippen LogP contribution in [0.15, 0.2) is 0 Å². The first-order chi connectivity index (χ1) is 9.94. The highest BCUT2D eigenvalue weighted by atomic mass is 32.2. The van der Waals surface area contributed by atoms with Gasteiger partial charge in [0.05, 0.1) is 5.75 Å². The van der Waals surface area contributed by atoms with Crippen molar-refractivity contribution in [2.45, 2.75) is 70.0 Å². The number of sulfonamides is 1. The fourth-order valence-corrected chi connectivity index (χ4v) is 6.15. The third kappa shape index (κ3) is 2.50. The van der Waals surface area contributed by atoms with E-state index >= 15 is 0 Å². The van der Waals surface area contributed by atoms with Crippen molar-refractivity contribution in [1.82, 2.24) is 9.21 Å². The zero-order valence-corrected chi connectivity index (χ0v) is 13.1. The van der Waals surface area contributed by atoms with Gasteiger partial charge in [-0.05, 0) is 32.1 Å². The Morgan fingerprint density at radius 3 is 2.00 bits per heavy atom. The molecule has 3 fully saturated rings. The minimum atomic E-state index is -3.20. The summed E-state index contributed by atoms with van der Waals surface area (Å²) in [5, 5.41) is 0. The second-order valence-corrected chi connectivity index (χ2v) is 8.31. The molecule has 2 unspecified atom stereocenters. The highest BCUT2D eigenvalue weighted by molar-refractivity contribution is 7.89. The van der Waals surface area contributed by atoms with Crippen LogP contribution in [0.1, 0.15) is 51.9 Å². The van der Waals surface area contributed by atoms with Crippen LogP contribution in [-0.2, 0) is 19.6 Å². The maximum Gasteiger partial charge on any atom is 0.229 e. The zero-order valence-electron chi connectivity index (χ0n) is 12.3. The van der Waals surface area contributed by atoms with Crippen molar-refractivity contribution in [3.05, 3.63) is 0 Å². The Balaban J connectivity index is 1.78. The van der Waals surface area contributed by atoms with Crippen LogP contribution in [-0.4, -0.2) is 53.3 Å². The lowest BCUT2D eigenvalue weighted by Gasteiger charge is -2.40. The van der Waals surface area contributed by atoms with Crippen LogP contribution in [0.25, 0.3) is 0 Å². The van der Waals surface area contributed by atoms with Gasteiger partial charge in [-0.3, -0.25) is 14.5 Å². The molecule has 0 aromatic rings. The lowest BCUT2D eigenvalue weighted by molar-refractivity contribution is -0.142. The third-order valence-electron chi connectivity index (χ3n) is 4.88. The number of carbonyl (C=O) groups is 2. The van der Waals surface area contributed by atoms with Gasteiger partial charge in [0.2, 0.25) is 21.8 Å². The van der Waals surface area contributed by atoms with E-state index in [0.29, 0.717) is 32.1 Å². The zero-order chi connectivity index (χ0) is 15.2. The first-order valence-corrected chi connectivity index (χ1v) is 9.41. The topological polar surface area (TPSA) is 74.8 Å². The van der Waals surface area contributed by atoms with Crippen LogP contribution in [0, 0.1) is 0 Å². The Hall–Kier alpha value is -0.950. The highest BCUT2D eigenvalue weighted by Crippen LogP contribution is 2.40. The van der Waals surface area contributed by atoms with E-state index in [0.717, 1.165) is 12.8 Å². The fraction of sp³-hybridized carbons (Fsp3) is 0.857. The van der Waals surface area contributed by atoms with Crippen molar-refractivity contribution in [3.63, 3.8) is 0 Å². The Kier molecular flexibility index (Phi) is 3.81. The van der Waals surface area contributed by atoms with Crippen LogP contribution in [0.2, 0.25) is 0 Å². The summed E-state index contributed by atoms with van der Waals surface area (Å²) in [4.78, 5) is 25.2. The van der Waals surface area contributed by atoms with Gasteiger partial charge in [-0.15, -0.1) is 0 Å². The lowest BCUT2D eigenvalue weighted by atomic mass is 9.98. The normalized spacial score (nSPS) is 34.0. The number of hydrogen-bond acceptors (Lipinski definition) is 4. The van der Waals surface area contributed by atoms with E-state index < -0.39 is 10.0 Å². The van der Waals surface area contributed by atoms with Crippen LogP contribution in [0.4, 0.5) is 0 Å². The Labute approximate surface area is 125 Å². The molecule has 21 heavy (non-hydrogen) atoms. The minimum Gasteiger partial charge on any atom is -0.279 e. The van der Waals surface area contributed by atoms with Gasteiger partial charge < -0.3 is 0 Å². The van der Waals surface area contributed by atoms with Crippen molar-refractivity contribution in [2.75, 3.05) is 5.75 Å². The van der Waals surface area contributed by atoms with Crippen LogP contribution >= 0.6 is 0 Å². The molecule has 2 amide bonds. The molecule has 3 aliphatic heterocycles. The number of piperidine rings is 1. The van der Waals surface area contributed by atoms with E-state index in [1.807, 2.05) is 6.92 Å². The second kappa shape index (κ2) is 5.35. The number of likely N-dealkylation sites (tertiary alicyclic amines) is 1. The molecule has 3 heterocycles. The van der Waals surface area contributed by atoms with Crippen LogP contribution in [0.5, 0.6) is 0 Å². The molecule has 2 atom stereocenters. The van der Waals surface area contributed by atoms with Crippen molar-refractivity contribution >= 4 is 21.8 Å². The molecular formula is C14H22N2O4S. The number of hydrogen-bond donors (Lipinski definition) is 0. The third-order valence-corrected chi connectivity index (χ3v) is 7.04. The molecule has 0 spiro atoms. The molecule has 0 aromatic heterocycles. The largest absolute Gasteiger partial charge is 0.279 e. The molecule has 6 nitrogen and oxygen atoms in total. The first-order valence-electron chi connectivity index (χ1n) is 7.80. The molecule has 0 saturated carbocycles. The molecule has 3 saturated heterocycles. The summed E-state index contributed by atoms with van der Waals surface area (Å²) in [5.41, 5.74) is 0. The summed E-state index contributed by atoms with van der Waals surface area (Å²) in [5.74, 6) is 0.00946. The SMILES string of the molecule is CCCS(=O)(=O)N1C2CCC1CC(N1C(=O)CCC1=O)C2. The van der Waals surface area contributed by atoms with Gasteiger partial charge in [0.1, 0.15) is 0 Å². The molecular weight excluding hydrogens is 292 g/mol. The van der Waals surface area contributed by atoms with Crippen LogP contribution in [0.3, 0.4) is 0 Å². The molecule has 0 radical (unpaired) electrons. The fourth-order valence-electron chi connectivity index (χ4n) is 4.13. The maximum atomic E-state index is 12.4. The average molecular weight is 314 g/mol. The van der Waals surface area contributed by atoms with Gasteiger partial charge >= 0.3 is 0 Å². The van der Waals surface area contributed by atoms with E-state index in [1.54, 1.807) is 4.31 Å². The molecule has 3 rings (SSSR count). The number of fused-ring (bicyclic) bond motifs is 2. The van der Waals surface area contributed by atoms with Gasteiger partial charge in [-0.2, -0.15) is 4.31 Å². The van der Waals surface area contributed by atoms with Crippen LogP contribution < -0.4 is 0 Å². The summed E-state index contributed by atoms with van der Waals surface area (Å²) in [6, 6.07) is -0.170. The molecule has 0 aliphatic carbocycles. The predicted molar refractivity (Wildman–Crippen MR) is 76.8 cm³/mol. The van der Waals surface area contributed by atoms with E-state index in [4.69, 9.17) is 0 Å². The average Bonchev–Trinajstić information content (AvgIpc) is 2.88. The van der Waals surface area contributed by atoms with E-state index in [-0.39, 0.29) is 35.7 Å². The molecule has 2 bridgehead atoms. The molecule has 7 heteroatoms. The first kappa shape index (κ1) is 15.0. The molecule has 118 valence electrons. The smallest absolute Gasteiger partial charge is 0.229 e.